The minimum absolute atomic E-state index is 0.843. The van der Waals surface area contributed by atoms with Gasteiger partial charge in [0.25, 0.3) is 11.7 Å². The highest BCUT2D eigenvalue weighted by molar-refractivity contribution is 6.37. The Hall–Kier alpha value is -1.02. The van der Waals surface area contributed by atoms with Crippen LogP contribution in [0.25, 0.3) is 0 Å². The molecule has 13 heavy (non-hydrogen) atoms. The summed E-state index contributed by atoms with van der Waals surface area (Å²) in [6, 6.07) is 0. The van der Waals surface area contributed by atoms with E-state index in [9.17, 15) is 9.59 Å². The summed E-state index contributed by atoms with van der Waals surface area (Å²) in [6.45, 7) is -0.843. The number of hydrogen-bond donors (Lipinski definition) is 5. The average Bonchev–Trinajstić information content (AvgIpc) is 2.12. The maximum absolute atomic E-state index is 10.6. The third-order valence-corrected chi connectivity index (χ3v) is 1.42. The van der Waals surface area contributed by atoms with Crippen molar-refractivity contribution in [3.05, 3.63) is 0 Å². The predicted octanol–water partition coefficient (Wildman–Crippen LogP) is -3.88. The number of carbonyl (C=O) groups excluding carboxylic acids is 2. The van der Waals surface area contributed by atoms with Crippen LogP contribution in [0.2, 0.25) is 0 Å². The molecule has 0 aromatic rings. The second-order valence-corrected chi connectivity index (χ2v) is 2.41. The molecule has 3 atom stereocenters. The smallest absolute Gasteiger partial charge is 0.287 e. The molecule has 7 nitrogen and oxygen atoms in total. The molecule has 6 N–H and O–H groups in total. The zero-order chi connectivity index (χ0) is 10.6. The van der Waals surface area contributed by atoms with Crippen molar-refractivity contribution in [1.29, 1.82) is 0 Å². The van der Waals surface area contributed by atoms with Crippen LogP contribution in [0.4, 0.5) is 0 Å². The van der Waals surface area contributed by atoms with Gasteiger partial charge in [0.15, 0.2) is 6.10 Å². The zero-order valence-electron chi connectivity index (χ0n) is 6.62. The van der Waals surface area contributed by atoms with E-state index in [2.05, 4.69) is 5.73 Å². The second kappa shape index (κ2) is 4.87. The van der Waals surface area contributed by atoms with E-state index >= 15 is 0 Å². The molecule has 0 unspecified atom stereocenters. The van der Waals surface area contributed by atoms with Crippen LogP contribution < -0.4 is 5.73 Å². The lowest BCUT2D eigenvalue weighted by Crippen LogP contribution is -2.47. The molecule has 0 spiro atoms. The van der Waals surface area contributed by atoms with Crippen LogP contribution >= 0.6 is 0 Å². The average molecular weight is 193 g/mol. The Bertz CT molecular complexity index is 205. The highest BCUT2D eigenvalue weighted by Crippen LogP contribution is 2.00. The van der Waals surface area contributed by atoms with Gasteiger partial charge in [-0.15, -0.1) is 0 Å². The van der Waals surface area contributed by atoms with Gasteiger partial charge < -0.3 is 26.2 Å². The van der Waals surface area contributed by atoms with Crippen LogP contribution in [0.5, 0.6) is 0 Å². The van der Waals surface area contributed by atoms with Gasteiger partial charge >= 0.3 is 0 Å². The van der Waals surface area contributed by atoms with Crippen molar-refractivity contribution in [2.45, 2.75) is 18.3 Å². The summed E-state index contributed by atoms with van der Waals surface area (Å²) in [6.07, 6.45) is -5.73. The Balaban J connectivity index is 4.33. The van der Waals surface area contributed by atoms with Gasteiger partial charge in [0.1, 0.15) is 12.2 Å². The Morgan fingerprint density at radius 2 is 1.69 bits per heavy atom. The van der Waals surface area contributed by atoms with Crippen molar-refractivity contribution in [3.8, 4) is 0 Å². The maximum atomic E-state index is 10.6. The fraction of sp³-hybridized carbons (Fsp3) is 0.667. The number of Topliss-reactive ketones (excluding diaryl/α,β-unsaturated/α-hetero) is 1. The van der Waals surface area contributed by atoms with Crippen LogP contribution in [-0.4, -0.2) is 57.0 Å². The van der Waals surface area contributed by atoms with Gasteiger partial charge in [-0.2, -0.15) is 0 Å². The van der Waals surface area contributed by atoms with Crippen molar-refractivity contribution in [3.63, 3.8) is 0 Å². The summed E-state index contributed by atoms with van der Waals surface area (Å²) in [5.74, 6) is -2.84. The van der Waals surface area contributed by atoms with Gasteiger partial charge in [0, 0.05) is 0 Å². The molecule has 7 heteroatoms. The van der Waals surface area contributed by atoms with Gasteiger partial charge in [0.05, 0.1) is 6.61 Å². The van der Waals surface area contributed by atoms with Gasteiger partial charge in [-0.1, -0.05) is 0 Å². The van der Waals surface area contributed by atoms with Crippen molar-refractivity contribution >= 4 is 11.7 Å². The number of hydrogen-bond acceptors (Lipinski definition) is 6. The normalized spacial score (nSPS) is 17.5. The number of nitrogens with two attached hydrogens (primary N) is 1. The van der Waals surface area contributed by atoms with Crippen molar-refractivity contribution in [1.82, 2.24) is 0 Å². The number of amides is 1. The molecule has 0 heterocycles. The van der Waals surface area contributed by atoms with Crippen LogP contribution in [-0.2, 0) is 9.59 Å². The summed E-state index contributed by atoms with van der Waals surface area (Å²) in [5, 5.41) is 34.9. The van der Waals surface area contributed by atoms with E-state index in [0.717, 1.165) is 0 Å². The minimum Gasteiger partial charge on any atom is -0.394 e. The van der Waals surface area contributed by atoms with E-state index in [1.54, 1.807) is 0 Å². The Kier molecular flexibility index (Phi) is 4.49. The first-order chi connectivity index (χ1) is 5.91. The van der Waals surface area contributed by atoms with Crippen LogP contribution in [0.1, 0.15) is 0 Å². The van der Waals surface area contributed by atoms with E-state index in [1.807, 2.05) is 0 Å². The Labute approximate surface area is 73.4 Å². The summed E-state index contributed by atoms with van der Waals surface area (Å²) >= 11 is 0. The maximum Gasteiger partial charge on any atom is 0.287 e. The van der Waals surface area contributed by atoms with Crippen LogP contribution in [0.3, 0.4) is 0 Å². The Morgan fingerprint density at radius 3 is 2.00 bits per heavy atom. The molecule has 0 aromatic heterocycles. The van der Waals surface area contributed by atoms with Crippen molar-refractivity contribution in [2.24, 2.45) is 5.73 Å². The third kappa shape index (κ3) is 3.07. The third-order valence-electron chi connectivity index (χ3n) is 1.42. The van der Waals surface area contributed by atoms with Gasteiger partial charge in [-0.25, -0.2) is 0 Å². The molecule has 0 saturated heterocycles. The lowest BCUT2D eigenvalue weighted by molar-refractivity contribution is -0.149. The standard InChI is InChI=1S/C6H11NO6/c7-6(13)5(12)4(11)3(10)2(9)1-8/h2-4,8-11H,1H2,(H2,7,13)/t2-,3+,4+/m0/s1. The summed E-state index contributed by atoms with van der Waals surface area (Å²) in [4.78, 5) is 20.8. The lowest BCUT2D eigenvalue weighted by atomic mass is 10.0. The molecule has 0 bridgehead atoms. The van der Waals surface area contributed by atoms with Crippen LogP contribution in [0, 0.1) is 0 Å². The fourth-order valence-corrected chi connectivity index (χ4v) is 0.619. The molecule has 0 aliphatic heterocycles. The van der Waals surface area contributed by atoms with E-state index in [0.29, 0.717) is 0 Å². The van der Waals surface area contributed by atoms with Crippen LogP contribution in [0.15, 0.2) is 0 Å². The minimum atomic E-state index is -2.11. The predicted molar refractivity (Wildman–Crippen MR) is 39.3 cm³/mol. The van der Waals surface area contributed by atoms with Gasteiger partial charge in [0.2, 0.25) is 0 Å². The fourth-order valence-electron chi connectivity index (χ4n) is 0.619. The highest BCUT2D eigenvalue weighted by Gasteiger charge is 2.32. The first-order valence-electron chi connectivity index (χ1n) is 3.40. The van der Waals surface area contributed by atoms with Gasteiger partial charge in [-0.3, -0.25) is 9.59 Å². The summed E-state index contributed by atoms with van der Waals surface area (Å²) < 4.78 is 0. The van der Waals surface area contributed by atoms with E-state index in [1.165, 1.54) is 0 Å². The second-order valence-electron chi connectivity index (χ2n) is 2.41. The number of rotatable bonds is 5. The lowest BCUT2D eigenvalue weighted by Gasteiger charge is -2.18. The van der Waals surface area contributed by atoms with E-state index in [4.69, 9.17) is 20.4 Å². The number of aliphatic hydroxyl groups excluding tert-OH is 4. The largest absolute Gasteiger partial charge is 0.394 e. The molecule has 0 aliphatic carbocycles. The quantitative estimate of drug-likeness (QED) is 0.283. The summed E-state index contributed by atoms with van der Waals surface area (Å²) in [7, 11) is 0. The molecule has 76 valence electrons. The number of aliphatic hydroxyl groups is 4. The zero-order valence-corrected chi connectivity index (χ0v) is 6.62. The first kappa shape index (κ1) is 12.0. The first-order valence-corrected chi connectivity index (χ1v) is 3.40. The number of ketones is 1. The molecule has 1 amide bonds. The van der Waals surface area contributed by atoms with Gasteiger partial charge in [-0.05, 0) is 0 Å². The number of carbonyl (C=O) groups is 2. The molecular formula is C6H11NO6. The molecule has 0 rings (SSSR count). The van der Waals surface area contributed by atoms with E-state index in [-0.39, 0.29) is 0 Å². The van der Waals surface area contributed by atoms with E-state index < -0.39 is 36.6 Å². The molecule has 0 fully saturated rings. The van der Waals surface area contributed by atoms with Crippen molar-refractivity contribution in [2.75, 3.05) is 6.61 Å². The molecule has 0 aliphatic rings. The number of primary amides is 1. The topological polar surface area (TPSA) is 141 Å². The monoisotopic (exact) mass is 193 g/mol. The molecule has 0 saturated carbocycles. The molecular weight excluding hydrogens is 182 g/mol. The molecule has 0 radical (unpaired) electrons. The SMILES string of the molecule is NC(=O)C(=O)[C@H](O)[C@H](O)[C@@H](O)CO. The highest BCUT2D eigenvalue weighted by atomic mass is 16.4. The summed E-state index contributed by atoms with van der Waals surface area (Å²) in [5.41, 5.74) is 4.51. The Morgan fingerprint density at radius 1 is 1.23 bits per heavy atom. The molecule has 0 aromatic carbocycles. The van der Waals surface area contributed by atoms with Crippen molar-refractivity contribution < 1.29 is 30.0 Å².